The molecule has 0 saturated heterocycles. The van der Waals surface area contributed by atoms with E-state index in [1.165, 1.54) is 16.2 Å². The smallest absolute Gasteiger partial charge is 0.420 e. The molecular formula is C19H20ClN3O5S2. The average molecular weight is 470 g/mol. The molecule has 0 aliphatic rings. The number of anilines is 2. The molecule has 3 rings (SSSR count). The van der Waals surface area contributed by atoms with Crippen molar-refractivity contribution in [2.24, 2.45) is 0 Å². The minimum Gasteiger partial charge on any atom is -0.443 e. The fourth-order valence-corrected chi connectivity index (χ4v) is 4.49. The maximum atomic E-state index is 13.1. The predicted octanol–water partition coefficient (Wildman–Crippen LogP) is 4.85. The van der Waals surface area contributed by atoms with Gasteiger partial charge in [-0.3, -0.25) is 4.55 Å². The van der Waals surface area contributed by atoms with Crippen molar-refractivity contribution in [2.45, 2.75) is 32.8 Å². The van der Waals surface area contributed by atoms with Gasteiger partial charge in [-0.15, -0.1) is 11.3 Å². The number of amides is 1. The number of aromatic nitrogens is 2. The van der Waals surface area contributed by atoms with Crippen molar-refractivity contribution >= 4 is 60.9 Å². The topological polar surface area (TPSA) is 110 Å². The molecule has 1 amide bonds. The minimum absolute atomic E-state index is 0.0684. The highest BCUT2D eigenvalue weighted by atomic mass is 35.5. The Bertz CT molecular complexity index is 1170. The monoisotopic (exact) mass is 469 g/mol. The molecule has 3 aromatic rings. The molecule has 0 bridgehead atoms. The fourth-order valence-electron chi connectivity index (χ4n) is 2.64. The number of thiophene rings is 1. The van der Waals surface area contributed by atoms with E-state index >= 15 is 0 Å². The number of nitrogens with zero attached hydrogens (tertiary/aromatic N) is 3. The SMILES string of the molecule is CC(C)(C)OC(=O)N(c1ccccc1)c1nc(Cl)nc2cc(CCS(=O)(=O)O)sc12. The predicted molar refractivity (Wildman–Crippen MR) is 117 cm³/mol. The number of ether oxygens (including phenoxy) is 1. The Morgan fingerprint density at radius 3 is 2.50 bits per heavy atom. The molecule has 0 fully saturated rings. The summed E-state index contributed by atoms with van der Waals surface area (Å²) < 4.78 is 37.3. The Hall–Kier alpha value is -2.27. The van der Waals surface area contributed by atoms with Crippen LogP contribution in [0.25, 0.3) is 10.2 Å². The van der Waals surface area contributed by atoms with Crippen molar-refractivity contribution in [3.63, 3.8) is 0 Å². The maximum absolute atomic E-state index is 13.1. The molecule has 1 N–H and O–H groups in total. The van der Waals surface area contributed by atoms with Crippen LogP contribution in [0.4, 0.5) is 16.3 Å². The first-order chi connectivity index (χ1) is 13.9. The van der Waals surface area contributed by atoms with E-state index in [1.54, 1.807) is 51.1 Å². The van der Waals surface area contributed by atoms with Crippen LogP contribution in [0.15, 0.2) is 36.4 Å². The van der Waals surface area contributed by atoms with Crippen LogP contribution in [0.5, 0.6) is 0 Å². The Kier molecular flexibility index (Phi) is 6.32. The lowest BCUT2D eigenvalue weighted by molar-refractivity contribution is 0.0598. The quantitative estimate of drug-likeness (QED) is 0.420. The highest BCUT2D eigenvalue weighted by molar-refractivity contribution is 7.85. The molecule has 2 heterocycles. The van der Waals surface area contributed by atoms with E-state index in [-0.39, 0.29) is 17.5 Å². The van der Waals surface area contributed by atoms with Gasteiger partial charge >= 0.3 is 6.09 Å². The number of fused-ring (bicyclic) bond motifs is 1. The van der Waals surface area contributed by atoms with Gasteiger partial charge in [-0.05, 0) is 57.0 Å². The van der Waals surface area contributed by atoms with Gasteiger partial charge in [0.1, 0.15) is 5.60 Å². The molecule has 0 spiro atoms. The summed E-state index contributed by atoms with van der Waals surface area (Å²) in [5.41, 5.74) is 0.247. The van der Waals surface area contributed by atoms with Gasteiger partial charge in [-0.25, -0.2) is 14.7 Å². The molecule has 0 aliphatic heterocycles. The van der Waals surface area contributed by atoms with Gasteiger partial charge in [0.15, 0.2) is 5.82 Å². The van der Waals surface area contributed by atoms with E-state index in [1.807, 2.05) is 6.07 Å². The second kappa shape index (κ2) is 8.46. The molecule has 11 heteroatoms. The van der Waals surface area contributed by atoms with Crippen LogP contribution in [0.2, 0.25) is 5.28 Å². The van der Waals surface area contributed by atoms with Gasteiger partial charge in [-0.1, -0.05) is 18.2 Å². The van der Waals surface area contributed by atoms with Crippen LogP contribution in [0.3, 0.4) is 0 Å². The Balaban J connectivity index is 2.13. The van der Waals surface area contributed by atoms with Crippen molar-refractivity contribution in [2.75, 3.05) is 10.7 Å². The molecule has 30 heavy (non-hydrogen) atoms. The summed E-state index contributed by atoms with van der Waals surface area (Å²) >= 11 is 7.34. The van der Waals surface area contributed by atoms with Crippen LogP contribution in [0.1, 0.15) is 25.6 Å². The number of hydrogen-bond donors (Lipinski definition) is 1. The summed E-state index contributed by atoms with van der Waals surface area (Å²) in [4.78, 5) is 23.5. The standard InChI is InChI=1S/C19H20ClN3O5S2/c1-19(2,3)28-18(24)23(12-7-5-4-6-8-12)16-15-14(21-17(20)22-16)11-13(29-15)9-10-30(25,26)27/h4-8,11H,9-10H2,1-3H3,(H,25,26,27). The Morgan fingerprint density at radius 2 is 1.90 bits per heavy atom. The number of para-hydroxylation sites is 1. The molecule has 0 aliphatic carbocycles. The number of aryl methyl sites for hydroxylation is 1. The second-order valence-corrected chi connectivity index (χ2v) is 10.5. The van der Waals surface area contributed by atoms with Gasteiger partial charge < -0.3 is 4.74 Å². The van der Waals surface area contributed by atoms with Crippen molar-refractivity contribution in [3.8, 4) is 0 Å². The molecule has 160 valence electrons. The Morgan fingerprint density at radius 1 is 1.23 bits per heavy atom. The molecule has 0 saturated carbocycles. The molecule has 0 atom stereocenters. The molecule has 0 unspecified atom stereocenters. The first-order valence-corrected chi connectivity index (χ1v) is 11.7. The van der Waals surface area contributed by atoms with E-state index in [2.05, 4.69) is 9.97 Å². The minimum atomic E-state index is -4.11. The van der Waals surface area contributed by atoms with Crippen LogP contribution in [0, 0.1) is 0 Å². The van der Waals surface area contributed by atoms with Gasteiger partial charge in [0.05, 0.1) is 21.7 Å². The number of hydrogen-bond acceptors (Lipinski definition) is 7. The zero-order chi connectivity index (χ0) is 22.1. The van der Waals surface area contributed by atoms with Crippen LogP contribution in [-0.4, -0.2) is 40.4 Å². The van der Waals surface area contributed by atoms with Gasteiger partial charge in [-0.2, -0.15) is 13.4 Å². The maximum Gasteiger partial charge on any atom is 0.420 e. The molecule has 2 aromatic heterocycles. The molecule has 1 aromatic carbocycles. The van der Waals surface area contributed by atoms with Crippen molar-refractivity contribution in [3.05, 3.63) is 46.6 Å². The fraction of sp³-hybridized carbons (Fsp3) is 0.316. The lowest BCUT2D eigenvalue weighted by Crippen LogP contribution is -2.34. The molecule has 0 radical (unpaired) electrons. The van der Waals surface area contributed by atoms with Crippen molar-refractivity contribution in [1.29, 1.82) is 0 Å². The number of rotatable bonds is 5. The summed E-state index contributed by atoms with van der Waals surface area (Å²) in [6, 6.07) is 10.5. The van der Waals surface area contributed by atoms with E-state index in [9.17, 15) is 13.2 Å². The van der Waals surface area contributed by atoms with Crippen molar-refractivity contribution in [1.82, 2.24) is 9.97 Å². The third kappa shape index (κ3) is 5.66. The first kappa shape index (κ1) is 22.4. The number of carbonyl (C=O) groups excluding carboxylic acids is 1. The lowest BCUT2D eigenvalue weighted by Gasteiger charge is -2.27. The van der Waals surface area contributed by atoms with Crippen molar-refractivity contribution < 1.29 is 22.5 Å². The largest absolute Gasteiger partial charge is 0.443 e. The molecular weight excluding hydrogens is 450 g/mol. The van der Waals surface area contributed by atoms with Gasteiger partial charge in [0, 0.05) is 4.88 Å². The van der Waals surface area contributed by atoms with Gasteiger partial charge in [0.2, 0.25) is 5.28 Å². The summed E-state index contributed by atoms with van der Waals surface area (Å²) in [6.45, 7) is 5.28. The third-order valence-corrected chi connectivity index (χ3v) is 5.86. The molecule has 8 nitrogen and oxygen atoms in total. The van der Waals surface area contributed by atoms with E-state index in [0.29, 0.717) is 20.8 Å². The second-order valence-electron chi connectivity index (χ2n) is 7.43. The number of carbonyl (C=O) groups is 1. The first-order valence-electron chi connectivity index (χ1n) is 8.92. The van der Waals surface area contributed by atoms with E-state index in [4.69, 9.17) is 20.9 Å². The average Bonchev–Trinajstić information content (AvgIpc) is 3.02. The van der Waals surface area contributed by atoms with Crippen LogP contribution < -0.4 is 4.90 Å². The number of halogens is 1. The number of benzene rings is 1. The highest BCUT2D eigenvalue weighted by Gasteiger charge is 2.28. The summed E-state index contributed by atoms with van der Waals surface area (Å²) in [5.74, 6) is -0.196. The van der Waals surface area contributed by atoms with Crippen LogP contribution >= 0.6 is 22.9 Å². The third-order valence-electron chi connectivity index (χ3n) is 3.79. The lowest BCUT2D eigenvalue weighted by atomic mass is 10.2. The summed E-state index contributed by atoms with van der Waals surface area (Å²) in [6.07, 6.45) is -0.549. The Labute approximate surface area is 183 Å². The summed E-state index contributed by atoms with van der Waals surface area (Å²) in [7, 11) is -4.11. The summed E-state index contributed by atoms with van der Waals surface area (Å²) in [5, 5.41) is -0.0684. The van der Waals surface area contributed by atoms with Crippen LogP contribution in [-0.2, 0) is 21.3 Å². The zero-order valence-corrected chi connectivity index (χ0v) is 18.9. The van der Waals surface area contributed by atoms with E-state index in [0.717, 1.165) is 0 Å². The zero-order valence-electron chi connectivity index (χ0n) is 16.5. The van der Waals surface area contributed by atoms with Gasteiger partial charge in [0.25, 0.3) is 10.1 Å². The highest BCUT2D eigenvalue weighted by Crippen LogP contribution is 2.37. The van der Waals surface area contributed by atoms with E-state index < -0.39 is 27.6 Å². The normalized spacial score (nSPS) is 12.2.